The van der Waals surface area contributed by atoms with Crippen molar-refractivity contribution in [2.75, 3.05) is 0 Å². The average Bonchev–Trinajstić information content (AvgIpc) is 4.08. The third kappa shape index (κ3) is 19.8. The van der Waals surface area contributed by atoms with Crippen molar-refractivity contribution >= 4 is 108 Å². The molecule has 2 unspecified atom stereocenters. The van der Waals surface area contributed by atoms with Gasteiger partial charge in [0.15, 0.2) is 0 Å². The molecule has 0 spiro atoms. The first-order chi connectivity index (χ1) is 36.4. The number of thiophene rings is 2. The van der Waals surface area contributed by atoms with Crippen LogP contribution in [0.15, 0.2) is 36.6 Å². The Balaban J connectivity index is 1.30. The van der Waals surface area contributed by atoms with Gasteiger partial charge in [-0.15, -0.1) is 22.7 Å². The molecule has 0 saturated carbocycles. The second-order valence-corrected chi connectivity index (χ2v) is 27.9. The van der Waals surface area contributed by atoms with Gasteiger partial charge in [0.2, 0.25) is 0 Å². The highest BCUT2D eigenvalue weighted by atomic mass is 79.9. The van der Waals surface area contributed by atoms with Gasteiger partial charge < -0.3 is 0 Å². The molecular weight excluding hydrogens is 1080 g/mol. The molecule has 0 radical (unpaired) electrons. The highest BCUT2D eigenvalue weighted by Crippen LogP contribution is 2.45. The Bertz CT molecular complexity index is 2370. The molecule has 6 rings (SSSR count). The van der Waals surface area contributed by atoms with Crippen molar-refractivity contribution in [3.63, 3.8) is 0 Å². The molecule has 5 nitrogen and oxygen atoms in total. The zero-order chi connectivity index (χ0) is 52.2. The molecule has 2 aromatic carbocycles. The molecule has 0 saturated heterocycles. The Morgan fingerprint density at radius 1 is 0.392 bits per heavy atom. The van der Waals surface area contributed by atoms with E-state index in [0.29, 0.717) is 11.8 Å². The average molecular weight is 1180 g/mol. The fourth-order valence-corrected chi connectivity index (χ4v) is 15.5. The largest absolute Gasteiger partial charge is 0.329 e. The van der Waals surface area contributed by atoms with Crippen LogP contribution in [0.1, 0.15) is 285 Å². The van der Waals surface area contributed by atoms with Crippen LogP contribution in [0, 0.1) is 11.8 Å². The molecule has 6 aromatic rings. The summed E-state index contributed by atoms with van der Waals surface area (Å²) < 4.78 is 9.20. The Labute approximate surface area is 475 Å². The van der Waals surface area contributed by atoms with Gasteiger partial charge in [-0.05, 0) is 93.6 Å². The molecule has 0 bridgehead atoms. The van der Waals surface area contributed by atoms with Gasteiger partial charge >= 0.3 is 5.69 Å². The molecule has 414 valence electrons. The van der Waals surface area contributed by atoms with Gasteiger partial charge in [-0.25, -0.2) is 14.8 Å². The van der Waals surface area contributed by atoms with E-state index in [2.05, 4.69) is 93.0 Å². The zero-order valence-corrected chi connectivity index (χ0v) is 52.2. The minimum absolute atomic E-state index is 0.196. The molecule has 4 heterocycles. The second kappa shape index (κ2) is 35.6. The van der Waals surface area contributed by atoms with Crippen molar-refractivity contribution in [3.8, 4) is 0 Å². The van der Waals surface area contributed by atoms with Gasteiger partial charge in [-0.3, -0.25) is 9.13 Å². The number of unbranched alkanes of at least 4 members (excludes halogenated alkanes) is 32. The number of benzene rings is 2. The third-order valence-electron chi connectivity index (χ3n) is 16.7. The van der Waals surface area contributed by atoms with Crippen LogP contribution in [0.2, 0.25) is 0 Å². The van der Waals surface area contributed by atoms with Gasteiger partial charge in [0.25, 0.3) is 0 Å². The molecule has 4 aromatic heterocycles. The molecule has 9 heteroatoms. The Hall–Kier alpha value is -1.81. The van der Waals surface area contributed by atoms with Crippen molar-refractivity contribution in [2.45, 2.75) is 298 Å². The minimum atomic E-state index is 0.196. The summed E-state index contributed by atoms with van der Waals surface area (Å²) in [4.78, 5) is 26.5. The number of nitrogens with zero attached hydrogens (tertiary/aromatic N) is 4. The van der Waals surface area contributed by atoms with Crippen LogP contribution in [0.4, 0.5) is 0 Å². The Kier molecular flexibility index (Phi) is 29.6. The molecule has 0 aliphatic heterocycles. The summed E-state index contributed by atoms with van der Waals surface area (Å²) in [6.45, 7) is 10.9. The number of rotatable bonds is 44. The second-order valence-electron chi connectivity index (χ2n) is 23.0. The molecule has 0 fully saturated rings. The molecule has 0 amide bonds. The van der Waals surface area contributed by atoms with E-state index in [4.69, 9.17) is 9.97 Å². The highest BCUT2D eigenvalue weighted by Gasteiger charge is 2.23. The van der Waals surface area contributed by atoms with Gasteiger partial charge in [-0.2, -0.15) is 0 Å². The summed E-state index contributed by atoms with van der Waals surface area (Å²) in [6.07, 6.45) is 53.4. The van der Waals surface area contributed by atoms with E-state index in [-0.39, 0.29) is 5.69 Å². The molecule has 2 atom stereocenters. The molecular formula is C65H102Br2N4OS2. The number of hydrogen-bond acceptors (Lipinski definition) is 5. The van der Waals surface area contributed by atoms with Crippen LogP contribution in [0.5, 0.6) is 0 Å². The first kappa shape index (κ1) is 61.4. The summed E-state index contributed by atoms with van der Waals surface area (Å²) in [6, 6.07) is 8.98. The predicted molar refractivity (Wildman–Crippen MR) is 337 cm³/mol. The van der Waals surface area contributed by atoms with Crippen molar-refractivity contribution in [3.05, 3.63) is 42.3 Å². The first-order valence-electron chi connectivity index (χ1n) is 31.4. The quantitative estimate of drug-likeness (QED) is 0.0283. The van der Waals surface area contributed by atoms with E-state index in [0.717, 1.165) is 64.5 Å². The van der Waals surface area contributed by atoms with Crippen molar-refractivity contribution < 1.29 is 0 Å². The van der Waals surface area contributed by atoms with Crippen LogP contribution in [0.3, 0.4) is 0 Å². The van der Waals surface area contributed by atoms with Crippen LogP contribution < -0.4 is 5.69 Å². The van der Waals surface area contributed by atoms with E-state index in [1.54, 1.807) is 22.7 Å². The van der Waals surface area contributed by atoms with Crippen molar-refractivity contribution in [2.24, 2.45) is 11.8 Å². The number of halogens is 2. The summed E-state index contributed by atoms with van der Waals surface area (Å²) in [5, 5.41) is 2.31. The summed E-state index contributed by atoms with van der Waals surface area (Å²) in [5.41, 5.74) is 6.01. The maximum atomic E-state index is 15.5. The van der Waals surface area contributed by atoms with E-state index >= 15 is 4.79 Å². The number of imidazole rings is 1. The van der Waals surface area contributed by atoms with Crippen LogP contribution in [-0.4, -0.2) is 19.1 Å². The fraction of sp³-hybridized carbons (Fsp3) is 0.738. The van der Waals surface area contributed by atoms with Crippen LogP contribution in [0.25, 0.3) is 53.3 Å². The van der Waals surface area contributed by atoms with E-state index in [1.165, 1.54) is 266 Å². The summed E-state index contributed by atoms with van der Waals surface area (Å²) >= 11 is 11.2. The third-order valence-corrected chi connectivity index (χ3v) is 20.1. The lowest BCUT2D eigenvalue weighted by Gasteiger charge is -2.19. The van der Waals surface area contributed by atoms with Crippen LogP contribution in [-0.2, 0) is 13.1 Å². The number of fused-ring (bicyclic) bond motifs is 8. The smallest absolute Gasteiger partial charge is 0.292 e. The Morgan fingerprint density at radius 2 is 0.649 bits per heavy atom. The first-order valence-corrected chi connectivity index (χ1v) is 34.6. The van der Waals surface area contributed by atoms with Gasteiger partial charge in [0, 0.05) is 23.9 Å². The number of hydrogen-bond donors (Lipinski definition) is 0. The topological polar surface area (TPSA) is 52.7 Å². The minimum Gasteiger partial charge on any atom is -0.292 e. The zero-order valence-electron chi connectivity index (χ0n) is 47.4. The van der Waals surface area contributed by atoms with Crippen LogP contribution >= 0.6 is 54.5 Å². The van der Waals surface area contributed by atoms with Crippen molar-refractivity contribution in [1.29, 1.82) is 0 Å². The van der Waals surface area contributed by atoms with E-state index in [1.807, 2.05) is 0 Å². The summed E-state index contributed by atoms with van der Waals surface area (Å²) in [5.74, 6) is 0.985. The highest BCUT2D eigenvalue weighted by molar-refractivity contribution is 9.11. The number of aromatic nitrogens is 4. The lowest BCUT2D eigenvalue weighted by molar-refractivity contribution is 0.340. The lowest BCUT2D eigenvalue weighted by Crippen LogP contribution is -2.29. The van der Waals surface area contributed by atoms with E-state index < -0.39 is 0 Å². The SMILES string of the molecule is CCCCCCCCCCCCC(CCCCCCCCCC)Cn1c(=O)n(CC(CCCCCCCCCC)CCCCCCCCCCCC)c2cc3nc4c5cc(Br)sc5c5sc(Br)cc5c4nc3cc21. The standard InChI is InChI=1S/C65H102Br2N4OS2/c1-5-9-13-17-21-25-27-31-35-39-43-51(41-37-33-29-23-19-15-11-7-3)49-70-57-47-55-56(69-62-54-46-60(67)74-64(54)63-53(61(62)68-55)45-59(66)73-63)48-58(57)71(65(70)72)50-52(42-38-34-30-24-20-16-12-8-4)44-40-36-32-28-26-22-18-14-10-6-2/h45-48,51-52H,5-44,49-50H2,1-4H3. The Morgan fingerprint density at radius 3 is 0.919 bits per heavy atom. The molecule has 0 aliphatic rings. The summed E-state index contributed by atoms with van der Waals surface area (Å²) in [7, 11) is 0. The lowest BCUT2D eigenvalue weighted by atomic mass is 9.93. The van der Waals surface area contributed by atoms with Gasteiger partial charge in [0.05, 0.1) is 50.1 Å². The maximum Gasteiger partial charge on any atom is 0.329 e. The monoisotopic (exact) mass is 1180 g/mol. The van der Waals surface area contributed by atoms with Crippen molar-refractivity contribution in [1.82, 2.24) is 19.1 Å². The van der Waals surface area contributed by atoms with E-state index in [9.17, 15) is 0 Å². The van der Waals surface area contributed by atoms with Gasteiger partial charge in [0.1, 0.15) is 0 Å². The predicted octanol–water partition coefficient (Wildman–Crippen LogP) is 23.8. The molecule has 0 aliphatic carbocycles. The molecule has 74 heavy (non-hydrogen) atoms. The maximum absolute atomic E-state index is 15.5. The fourth-order valence-electron chi connectivity index (χ4n) is 12.1. The molecule has 0 N–H and O–H groups in total. The normalized spacial score (nSPS) is 13.1. The van der Waals surface area contributed by atoms with Gasteiger partial charge in [-0.1, -0.05) is 259 Å².